The molecule has 188 valence electrons. The van der Waals surface area contributed by atoms with Crippen LogP contribution in [0.1, 0.15) is 56.1 Å². The summed E-state index contributed by atoms with van der Waals surface area (Å²) in [5.41, 5.74) is 2.06. The van der Waals surface area contributed by atoms with Gasteiger partial charge in [0.2, 0.25) is 0 Å². The van der Waals surface area contributed by atoms with E-state index in [1.807, 2.05) is 24.3 Å². The lowest BCUT2D eigenvalue weighted by molar-refractivity contribution is 0.0158. The molecule has 1 aliphatic heterocycles. The first-order valence-corrected chi connectivity index (χ1v) is 13.0. The summed E-state index contributed by atoms with van der Waals surface area (Å²) in [6, 6.07) is 16.0. The van der Waals surface area contributed by atoms with Gasteiger partial charge in [-0.05, 0) is 93.9 Å². The summed E-state index contributed by atoms with van der Waals surface area (Å²) in [5, 5.41) is 10.2. The zero-order valence-corrected chi connectivity index (χ0v) is 21.4. The Morgan fingerprint density at radius 3 is 2.34 bits per heavy atom. The van der Waals surface area contributed by atoms with Gasteiger partial charge in [-0.3, -0.25) is 4.90 Å². The van der Waals surface area contributed by atoms with Crippen LogP contribution in [-0.4, -0.2) is 65.7 Å². The molecule has 2 aromatic rings. The predicted octanol–water partition coefficient (Wildman–Crippen LogP) is 5.21. The van der Waals surface area contributed by atoms with Gasteiger partial charge in [0, 0.05) is 25.2 Å². The highest BCUT2D eigenvalue weighted by molar-refractivity contribution is 5.78. The van der Waals surface area contributed by atoms with E-state index in [1.54, 1.807) is 13.2 Å². The van der Waals surface area contributed by atoms with Gasteiger partial charge in [0.1, 0.15) is 11.5 Å². The van der Waals surface area contributed by atoms with Crippen LogP contribution in [-0.2, 0) is 12.1 Å². The van der Waals surface area contributed by atoms with Crippen molar-refractivity contribution in [1.29, 1.82) is 0 Å². The molecule has 0 radical (unpaired) electrons. The number of hydrogen-bond donors (Lipinski definition) is 1. The lowest BCUT2D eigenvalue weighted by Gasteiger charge is -2.51. The molecule has 1 spiro atoms. The molecule has 1 saturated heterocycles. The number of methoxy groups -OCH3 is 1. The number of benzene rings is 2. The van der Waals surface area contributed by atoms with E-state index in [-0.39, 0.29) is 17.1 Å². The summed E-state index contributed by atoms with van der Waals surface area (Å²) in [4.78, 5) is 20.4. The van der Waals surface area contributed by atoms with Crippen LogP contribution in [0.3, 0.4) is 0 Å². The summed E-state index contributed by atoms with van der Waals surface area (Å²) in [6.45, 7) is 2.31. The molecule has 2 aromatic carbocycles. The summed E-state index contributed by atoms with van der Waals surface area (Å²) in [5.74, 6) is 1.80. The topological polar surface area (TPSA) is 56.3 Å². The number of carbonyl (C=O) groups excluding carboxylic acids is 1. The minimum absolute atomic E-state index is 0.116. The molecule has 6 heteroatoms. The van der Waals surface area contributed by atoms with Crippen LogP contribution < -0.4 is 4.74 Å². The number of phenolic OH excluding ortho intramolecular Hbond substituents is 1. The normalized spacial score (nSPS) is 27.0. The Morgan fingerprint density at radius 2 is 1.77 bits per heavy atom. The highest BCUT2D eigenvalue weighted by Gasteiger charge is 2.54. The molecule has 35 heavy (non-hydrogen) atoms. The van der Waals surface area contributed by atoms with E-state index in [0.29, 0.717) is 18.2 Å². The third kappa shape index (κ3) is 4.37. The maximum absolute atomic E-state index is 13.8. The first-order chi connectivity index (χ1) is 16.8. The largest absolute Gasteiger partial charge is 0.508 e. The van der Waals surface area contributed by atoms with Crippen molar-refractivity contribution in [3.05, 3.63) is 59.7 Å². The molecule has 0 bridgehead atoms. The molecule has 2 aliphatic carbocycles. The highest BCUT2D eigenvalue weighted by atomic mass is 16.5. The number of amides is 2. The van der Waals surface area contributed by atoms with Crippen molar-refractivity contribution in [2.24, 2.45) is 5.92 Å². The summed E-state index contributed by atoms with van der Waals surface area (Å²) in [6.07, 6.45) is 7.64. The van der Waals surface area contributed by atoms with Crippen LogP contribution >= 0.6 is 0 Å². The average molecular weight is 478 g/mol. The number of ether oxygens (including phenoxy) is 1. The Balaban J connectivity index is 1.39. The first-order valence-electron chi connectivity index (χ1n) is 13.0. The van der Waals surface area contributed by atoms with E-state index in [2.05, 4.69) is 47.0 Å². The van der Waals surface area contributed by atoms with E-state index >= 15 is 0 Å². The van der Waals surface area contributed by atoms with Crippen molar-refractivity contribution < 1.29 is 14.6 Å². The third-order valence-electron chi connectivity index (χ3n) is 9.00. The molecule has 2 saturated carbocycles. The molecule has 0 atom stereocenters. The standard InChI is InChI=1S/C29H39N3O3/c1-30(2)29(24-8-5-9-25(33)18-24)16-14-28(15-17-29)21-31(19-23-10-12-26(35-3)13-11-23)27(34)32(28)20-22-6-4-7-22/h5,8-13,18,22,33H,4,6-7,14-17,19-21H2,1-3H3/t28-,29-. The zero-order chi connectivity index (χ0) is 24.6. The minimum atomic E-state index is -0.126. The Labute approximate surface area is 209 Å². The second kappa shape index (κ2) is 9.38. The van der Waals surface area contributed by atoms with Crippen LogP contribution in [0.2, 0.25) is 0 Å². The first kappa shape index (κ1) is 24.0. The van der Waals surface area contributed by atoms with E-state index in [4.69, 9.17) is 4.74 Å². The van der Waals surface area contributed by atoms with Crippen LogP contribution in [0.25, 0.3) is 0 Å². The van der Waals surface area contributed by atoms with Gasteiger partial charge in [0.15, 0.2) is 0 Å². The summed E-state index contributed by atoms with van der Waals surface area (Å²) >= 11 is 0. The number of nitrogens with zero attached hydrogens (tertiary/aromatic N) is 3. The second-order valence-corrected chi connectivity index (χ2v) is 11.1. The van der Waals surface area contributed by atoms with Gasteiger partial charge in [0.05, 0.1) is 12.6 Å². The van der Waals surface area contributed by atoms with Gasteiger partial charge in [-0.2, -0.15) is 0 Å². The molecule has 0 unspecified atom stereocenters. The second-order valence-electron chi connectivity index (χ2n) is 11.1. The lowest BCUT2D eigenvalue weighted by atomic mass is 9.68. The van der Waals surface area contributed by atoms with Gasteiger partial charge in [-0.1, -0.05) is 30.7 Å². The van der Waals surface area contributed by atoms with E-state index in [9.17, 15) is 9.90 Å². The van der Waals surface area contributed by atoms with Crippen molar-refractivity contribution in [3.63, 3.8) is 0 Å². The fourth-order valence-corrected chi connectivity index (χ4v) is 6.51. The zero-order valence-electron chi connectivity index (χ0n) is 21.4. The Morgan fingerprint density at radius 1 is 1.06 bits per heavy atom. The smallest absolute Gasteiger partial charge is 0.320 e. The molecule has 5 rings (SSSR count). The molecule has 6 nitrogen and oxygen atoms in total. The quantitative estimate of drug-likeness (QED) is 0.595. The minimum Gasteiger partial charge on any atom is -0.508 e. The molecular weight excluding hydrogens is 438 g/mol. The van der Waals surface area contributed by atoms with E-state index < -0.39 is 0 Å². The van der Waals surface area contributed by atoms with Crippen molar-refractivity contribution in [1.82, 2.24) is 14.7 Å². The van der Waals surface area contributed by atoms with Crippen molar-refractivity contribution in [2.75, 3.05) is 34.3 Å². The molecule has 1 N–H and O–H groups in total. The van der Waals surface area contributed by atoms with E-state index in [1.165, 1.54) is 24.8 Å². The predicted molar refractivity (Wildman–Crippen MR) is 138 cm³/mol. The molecule has 2 amide bonds. The molecule has 1 heterocycles. The molecule has 0 aromatic heterocycles. The number of phenols is 1. The van der Waals surface area contributed by atoms with Crippen LogP contribution in [0, 0.1) is 5.92 Å². The van der Waals surface area contributed by atoms with Crippen LogP contribution in [0.5, 0.6) is 11.5 Å². The van der Waals surface area contributed by atoms with Crippen molar-refractivity contribution >= 4 is 6.03 Å². The Hall–Kier alpha value is -2.73. The lowest BCUT2D eigenvalue weighted by Crippen LogP contribution is -2.56. The number of hydrogen-bond acceptors (Lipinski definition) is 4. The SMILES string of the molecule is COc1ccc(CN2C[C@]3(CC[C@@](c4cccc(O)c4)(N(C)C)CC3)N(CC3CCC3)C2=O)cc1. The fraction of sp³-hybridized carbons (Fsp3) is 0.552. The summed E-state index contributed by atoms with van der Waals surface area (Å²) in [7, 11) is 5.96. The van der Waals surface area contributed by atoms with Gasteiger partial charge in [-0.25, -0.2) is 4.79 Å². The fourth-order valence-electron chi connectivity index (χ4n) is 6.51. The Bertz CT molecular complexity index is 1040. The van der Waals surface area contributed by atoms with Gasteiger partial charge in [-0.15, -0.1) is 0 Å². The third-order valence-corrected chi connectivity index (χ3v) is 9.00. The summed E-state index contributed by atoms with van der Waals surface area (Å²) < 4.78 is 5.30. The number of urea groups is 1. The number of carbonyl (C=O) groups is 1. The maximum Gasteiger partial charge on any atom is 0.320 e. The number of aromatic hydroxyl groups is 1. The molecule has 3 aliphatic rings. The maximum atomic E-state index is 13.8. The van der Waals surface area contributed by atoms with Gasteiger partial charge in [0.25, 0.3) is 0 Å². The molecule has 3 fully saturated rings. The van der Waals surface area contributed by atoms with Crippen molar-refractivity contribution in [2.45, 2.75) is 62.6 Å². The van der Waals surface area contributed by atoms with Gasteiger partial charge >= 0.3 is 6.03 Å². The van der Waals surface area contributed by atoms with Gasteiger partial charge < -0.3 is 19.6 Å². The highest BCUT2D eigenvalue weighted by Crippen LogP contribution is 2.50. The van der Waals surface area contributed by atoms with Crippen molar-refractivity contribution in [3.8, 4) is 11.5 Å². The Kier molecular flexibility index (Phi) is 6.43. The average Bonchev–Trinajstić information content (AvgIpc) is 3.07. The molecular formula is C29H39N3O3. The van der Waals surface area contributed by atoms with E-state index in [0.717, 1.165) is 50.1 Å². The van der Waals surface area contributed by atoms with Crippen LogP contribution in [0.15, 0.2) is 48.5 Å². The van der Waals surface area contributed by atoms with Crippen LogP contribution in [0.4, 0.5) is 4.79 Å². The number of rotatable bonds is 7. The monoisotopic (exact) mass is 477 g/mol.